The van der Waals surface area contributed by atoms with Gasteiger partial charge in [0, 0.05) is 12.6 Å². The minimum absolute atomic E-state index is 0.148. The van der Waals surface area contributed by atoms with Crippen LogP contribution in [0.3, 0.4) is 0 Å². The lowest BCUT2D eigenvalue weighted by atomic mass is 9.98. The second-order valence-electron chi connectivity index (χ2n) is 4.25. The third kappa shape index (κ3) is 2.68. The Hall–Kier alpha value is -0.0800. The van der Waals surface area contributed by atoms with E-state index in [9.17, 15) is 0 Å². The Balaban J connectivity index is 0.000000396. The third-order valence-corrected chi connectivity index (χ3v) is 2.89. The monoisotopic (exact) mass is 185 g/mol. The number of hydrogen-bond donors (Lipinski definition) is 1. The standard InChI is InChI=1S/C9H17NO.C2H6/c1-7-5-8-3-4-9(2,11-8)6-10-7;1-2/h7-8,10H,3-6H2,1-2H3;1-2H3. The maximum absolute atomic E-state index is 5.92. The molecule has 0 radical (unpaired) electrons. The molecule has 2 bridgehead atoms. The molecule has 0 aromatic heterocycles. The Morgan fingerprint density at radius 2 is 2.08 bits per heavy atom. The van der Waals surface area contributed by atoms with Crippen molar-refractivity contribution in [3.05, 3.63) is 0 Å². The smallest absolute Gasteiger partial charge is 0.0783 e. The van der Waals surface area contributed by atoms with Crippen molar-refractivity contribution >= 4 is 0 Å². The van der Waals surface area contributed by atoms with E-state index >= 15 is 0 Å². The van der Waals surface area contributed by atoms with Crippen molar-refractivity contribution in [2.75, 3.05) is 6.54 Å². The van der Waals surface area contributed by atoms with Crippen molar-refractivity contribution < 1.29 is 4.74 Å². The topological polar surface area (TPSA) is 21.3 Å². The molecule has 2 saturated heterocycles. The van der Waals surface area contributed by atoms with Gasteiger partial charge in [0.25, 0.3) is 0 Å². The van der Waals surface area contributed by atoms with Crippen LogP contribution >= 0.6 is 0 Å². The lowest BCUT2D eigenvalue weighted by Crippen LogP contribution is -2.38. The summed E-state index contributed by atoms with van der Waals surface area (Å²) < 4.78 is 5.92. The van der Waals surface area contributed by atoms with Crippen molar-refractivity contribution in [3.8, 4) is 0 Å². The fourth-order valence-electron chi connectivity index (χ4n) is 2.15. The van der Waals surface area contributed by atoms with Crippen molar-refractivity contribution in [2.24, 2.45) is 0 Å². The van der Waals surface area contributed by atoms with E-state index < -0.39 is 0 Å². The van der Waals surface area contributed by atoms with Crippen molar-refractivity contribution in [2.45, 2.75) is 64.7 Å². The minimum Gasteiger partial charge on any atom is -0.371 e. The Kier molecular flexibility index (Phi) is 3.74. The molecule has 3 unspecified atom stereocenters. The van der Waals surface area contributed by atoms with Crippen molar-refractivity contribution in [1.82, 2.24) is 5.32 Å². The summed E-state index contributed by atoms with van der Waals surface area (Å²) >= 11 is 0. The summed E-state index contributed by atoms with van der Waals surface area (Å²) in [4.78, 5) is 0. The van der Waals surface area contributed by atoms with Gasteiger partial charge in [-0.3, -0.25) is 0 Å². The summed E-state index contributed by atoms with van der Waals surface area (Å²) in [5, 5.41) is 3.49. The van der Waals surface area contributed by atoms with Crippen LogP contribution in [0.5, 0.6) is 0 Å². The van der Waals surface area contributed by atoms with E-state index in [1.54, 1.807) is 0 Å². The largest absolute Gasteiger partial charge is 0.371 e. The molecule has 2 aliphatic rings. The first kappa shape index (κ1) is 11.0. The molecule has 0 aromatic rings. The second-order valence-corrected chi connectivity index (χ2v) is 4.25. The highest BCUT2D eigenvalue weighted by Gasteiger charge is 2.38. The Morgan fingerprint density at radius 1 is 1.38 bits per heavy atom. The SMILES string of the molecule is CC.CC1CC2CCC(C)(CN1)O2. The van der Waals surface area contributed by atoms with E-state index in [2.05, 4.69) is 19.2 Å². The van der Waals surface area contributed by atoms with E-state index in [1.807, 2.05) is 13.8 Å². The molecule has 2 rings (SSSR count). The van der Waals surface area contributed by atoms with Gasteiger partial charge in [0.2, 0.25) is 0 Å². The Morgan fingerprint density at radius 3 is 2.77 bits per heavy atom. The number of ether oxygens (including phenoxy) is 1. The molecule has 0 aromatic carbocycles. The molecule has 2 aliphatic heterocycles. The van der Waals surface area contributed by atoms with E-state index in [-0.39, 0.29) is 5.60 Å². The van der Waals surface area contributed by atoms with Crippen molar-refractivity contribution in [3.63, 3.8) is 0 Å². The molecule has 0 saturated carbocycles. The van der Waals surface area contributed by atoms with Crippen LogP contribution in [0.25, 0.3) is 0 Å². The third-order valence-electron chi connectivity index (χ3n) is 2.89. The molecule has 2 heterocycles. The lowest BCUT2D eigenvalue weighted by Gasteiger charge is -2.22. The summed E-state index contributed by atoms with van der Waals surface area (Å²) in [6.45, 7) is 9.50. The van der Waals surface area contributed by atoms with Gasteiger partial charge in [-0.15, -0.1) is 0 Å². The summed E-state index contributed by atoms with van der Waals surface area (Å²) in [7, 11) is 0. The average molecular weight is 185 g/mol. The van der Waals surface area contributed by atoms with Crippen molar-refractivity contribution in [1.29, 1.82) is 0 Å². The fraction of sp³-hybridized carbons (Fsp3) is 1.00. The molecular formula is C11H23NO. The van der Waals surface area contributed by atoms with Gasteiger partial charge in [-0.25, -0.2) is 0 Å². The maximum Gasteiger partial charge on any atom is 0.0783 e. The zero-order valence-electron chi connectivity index (χ0n) is 9.39. The van der Waals surface area contributed by atoms with E-state index in [0.29, 0.717) is 12.1 Å². The van der Waals surface area contributed by atoms with Crippen LogP contribution < -0.4 is 5.32 Å². The molecular weight excluding hydrogens is 162 g/mol. The molecule has 1 N–H and O–H groups in total. The molecule has 78 valence electrons. The van der Waals surface area contributed by atoms with Crippen LogP contribution in [0.2, 0.25) is 0 Å². The van der Waals surface area contributed by atoms with Crippen LogP contribution in [0.15, 0.2) is 0 Å². The van der Waals surface area contributed by atoms with Gasteiger partial charge in [0.15, 0.2) is 0 Å². The number of rotatable bonds is 0. The van der Waals surface area contributed by atoms with Crippen LogP contribution in [0.1, 0.15) is 47.0 Å². The molecule has 2 heteroatoms. The van der Waals surface area contributed by atoms with E-state index in [1.165, 1.54) is 19.3 Å². The van der Waals surface area contributed by atoms with Gasteiger partial charge in [-0.05, 0) is 33.1 Å². The van der Waals surface area contributed by atoms with Crippen LogP contribution in [-0.4, -0.2) is 24.3 Å². The molecule has 3 atom stereocenters. The normalized spacial score (nSPS) is 43.4. The Bertz CT molecular complexity index is 160. The summed E-state index contributed by atoms with van der Waals surface area (Å²) in [6, 6.07) is 0.641. The average Bonchev–Trinajstić information content (AvgIpc) is 2.41. The number of hydrogen-bond acceptors (Lipinski definition) is 2. The van der Waals surface area contributed by atoms with Gasteiger partial charge in [0.1, 0.15) is 0 Å². The Labute approximate surface area is 82.0 Å². The quantitative estimate of drug-likeness (QED) is 0.625. The molecule has 0 aliphatic carbocycles. The molecule has 13 heavy (non-hydrogen) atoms. The number of nitrogens with one attached hydrogen (secondary N) is 1. The van der Waals surface area contributed by atoms with Crippen LogP contribution in [0, 0.1) is 0 Å². The first-order valence-corrected chi connectivity index (χ1v) is 5.59. The summed E-state index contributed by atoms with van der Waals surface area (Å²) in [6.07, 6.45) is 4.22. The lowest BCUT2D eigenvalue weighted by molar-refractivity contribution is -0.0160. The van der Waals surface area contributed by atoms with Crippen LogP contribution in [0.4, 0.5) is 0 Å². The highest BCUT2D eigenvalue weighted by molar-refractivity contribution is 4.92. The maximum atomic E-state index is 5.92. The summed E-state index contributed by atoms with van der Waals surface area (Å²) in [5.41, 5.74) is 0.148. The fourth-order valence-corrected chi connectivity index (χ4v) is 2.15. The molecule has 2 nitrogen and oxygen atoms in total. The van der Waals surface area contributed by atoms with Crippen LogP contribution in [-0.2, 0) is 4.74 Å². The predicted molar refractivity (Wildman–Crippen MR) is 55.9 cm³/mol. The first-order valence-electron chi connectivity index (χ1n) is 5.59. The van der Waals surface area contributed by atoms with Gasteiger partial charge in [-0.1, -0.05) is 13.8 Å². The minimum atomic E-state index is 0.148. The highest BCUT2D eigenvalue weighted by atomic mass is 16.5. The van der Waals surface area contributed by atoms with E-state index in [0.717, 1.165) is 6.54 Å². The molecule has 2 fully saturated rings. The number of fused-ring (bicyclic) bond motifs is 2. The van der Waals surface area contributed by atoms with Gasteiger partial charge in [-0.2, -0.15) is 0 Å². The molecule has 0 amide bonds. The van der Waals surface area contributed by atoms with E-state index in [4.69, 9.17) is 4.74 Å². The van der Waals surface area contributed by atoms with Gasteiger partial charge >= 0.3 is 0 Å². The van der Waals surface area contributed by atoms with Gasteiger partial charge in [0.05, 0.1) is 11.7 Å². The first-order chi connectivity index (χ1) is 6.18. The summed E-state index contributed by atoms with van der Waals surface area (Å²) in [5.74, 6) is 0. The highest BCUT2D eigenvalue weighted by Crippen LogP contribution is 2.33. The zero-order valence-corrected chi connectivity index (χ0v) is 9.39. The predicted octanol–water partition coefficient (Wildman–Crippen LogP) is 2.33. The second kappa shape index (κ2) is 4.43. The van der Waals surface area contributed by atoms with Gasteiger partial charge < -0.3 is 10.1 Å². The molecule has 0 spiro atoms. The zero-order chi connectivity index (χ0) is 9.90.